The minimum Gasteiger partial charge on any atom is -0.299 e. The predicted octanol–water partition coefficient (Wildman–Crippen LogP) is 3.88. The van der Waals surface area contributed by atoms with Crippen molar-refractivity contribution in [3.8, 4) is 12.1 Å². The van der Waals surface area contributed by atoms with Crippen molar-refractivity contribution in [3.63, 3.8) is 0 Å². The molecule has 0 spiro atoms. The number of nitriles is 2. The highest BCUT2D eigenvalue weighted by Crippen LogP contribution is 2.36. The highest BCUT2D eigenvalue weighted by atomic mass is 79.9. The van der Waals surface area contributed by atoms with Gasteiger partial charge in [-0.3, -0.25) is 4.79 Å². The second-order valence-electron chi connectivity index (χ2n) is 4.46. The van der Waals surface area contributed by atoms with Crippen LogP contribution in [0.25, 0.3) is 0 Å². The number of nitrogens with zero attached hydrogens (tertiary/aromatic N) is 2. The third kappa shape index (κ3) is 3.66. The van der Waals surface area contributed by atoms with E-state index in [0.717, 1.165) is 10.0 Å². The third-order valence-corrected chi connectivity index (χ3v) is 3.93. The van der Waals surface area contributed by atoms with E-state index < -0.39 is 5.41 Å². The summed E-state index contributed by atoms with van der Waals surface area (Å²) in [5.41, 5.74) is 0.167. The Balaban J connectivity index is 3.21. The van der Waals surface area contributed by atoms with Gasteiger partial charge in [-0.1, -0.05) is 28.1 Å². The number of hydrogen-bond donors (Lipinski definition) is 0. The van der Waals surface area contributed by atoms with Gasteiger partial charge in [0.2, 0.25) is 0 Å². The SMILES string of the molecule is CC(=O)C(CCC#N)(CCC#N)c1ccc(Br)cc1. The Morgan fingerprint density at radius 1 is 1.16 bits per heavy atom. The largest absolute Gasteiger partial charge is 0.299 e. The number of hydrogen-bond acceptors (Lipinski definition) is 3. The van der Waals surface area contributed by atoms with Gasteiger partial charge in [-0.15, -0.1) is 0 Å². The van der Waals surface area contributed by atoms with Crippen LogP contribution in [0.5, 0.6) is 0 Å². The van der Waals surface area contributed by atoms with Crippen LogP contribution in [-0.4, -0.2) is 5.78 Å². The lowest BCUT2D eigenvalue weighted by molar-refractivity contribution is -0.123. The minimum atomic E-state index is -0.716. The molecule has 0 aromatic heterocycles. The molecule has 1 aromatic rings. The molecule has 0 aliphatic rings. The monoisotopic (exact) mass is 318 g/mol. The molecule has 0 amide bonds. The lowest BCUT2D eigenvalue weighted by Gasteiger charge is -2.30. The molecule has 19 heavy (non-hydrogen) atoms. The summed E-state index contributed by atoms with van der Waals surface area (Å²) in [4.78, 5) is 12.1. The van der Waals surface area contributed by atoms with E-state index in [-0.39, 0.29) is 5.78 Å². The molecule has 0 aliphatic heterocycles. The molecule has 0 atom stereocenters. The fourth-order valence-electron chi connectivity index (χ4n) is 2.28. The zero-order valence-electron chi connectivity index (χ0n) is 10.8. The lowest BCUT2D eigenvalue weighted by atomic mass is 9.71. The Hall–Kier alpha value is -1.65. The van der Waals surface area contributed by atoms with Crippen molar-refractivity contribution in [1.29, 1.82) is 10.5 Å². The first-order chi connectivity index (χ1) is 9.06. The molecule has 0 saturated carbocycles. The standard InChI is InChI=1S/C15H15BrN2O/c1-12(19)15(8-2-10-17,9-3-11-18)13-4-6-14(16)7-5-13/h4-7H,2-3,8-9H2,1H3. The first-order valence-electron chi connectivity index (χ1n) is 6.08. The van der Waals surface area contributed by atoms with Crippen molar-refractivity contribution in [2.75, 3.05) is 0 Å². The molecular weight excluding hydrogens is 304 g/mol. The number of carbonyl (C=O) groups is 1. The topological polar surface area (TPSA) is 64.7 Å². The van der Waals surface area contributed by atoms with Gasteiger partial charge >= 0.3 is 0 Å². The number of halogens is 1. The van der Waals surface area contributed by atoms with E-state index in [1.54, 1.807) is 0 Å². The van der Waals surface area contributed by atoms with Crippen molar-refractivity contribution in [1.82, 2.24) is 0 Å². The average Bonchev–Trinajstić information content (AvgIpc) is 2.40. The van der Waals surface area contributed by atoms with Crippen molar-refractivity contribution in [2.45, 2.75) is 38.0 Å². The van der Waals surface area contributed by atoms with E-state index in [9.17, 15) is 4.79 Å². The lowest BCUT2D eigenvalue weighted by Crippen LogP contribution is -2.34. The van der Waals surface area contributed by atoms with E-state index in [0.29, 0.717) is 25.7 Å². The number of carbonyl (C=O) groups excluding carboxylic acids is 1. The van der Waals surface area contributed by atoms with E-state index in [4.69, 9.17) is 10.5 Å². The van der Waals surface area contributed by atoms with Crippen molar-refractivity contribution in [3.05, 3.63) is 34.3 Å². The van der Waals surface area contributed by atoms with Crippen molar-refractivity contribution < 1.29 is 4.79 Å². The summed E-state index contributed by atoms with van der Waals surface area (Å²) in [6, 6.07) is 11.7. The Morgan fingerprint density at radius 3 is 2.00 bits per heavy atom. The summed E-state index contributed by atoms with van der Waals surface area (Å²) in [6.07, 6.45) is 1.53. The normalized spacial score (nSPS) is 10.5. The molecule has 4 heteroatoms. The van der Waals surface area contributed by atoms with Gasteiger partial charge in [-0.2, -0.15) is 10.5 Å². The van der Waals surface area contributed by atoms with E-state index in [1.807, 2.05) is 24.3 Å². The first-order valence-corrected chi connectivity index (χ1v) is 6.87. The first kappa shape index (κ1) is 15.4. The summed E-state index contributed by atoms with van der Waals surface area (Å²) < 4.78 is 0.939. The Kier molecular flexibility index (Phi) is 5.73. The van der Waals surface area contributed by atoms with Crippen LogP contribution < -0.4 is 0 Å². The third-order valence-electron chi connectivity index (χ3n) is 3.40. The minimum absolute atomic E-state index is 0.0142. The van der Waals surface area contributed by atoms with Gasteiger partial charge in [0.1, 0.15) is 5.78 Å². The fraction of sp³-hybridized carbons (Fsp3) is 0.400. The Morgan fingerprint density at radius 2 is 1.63 bits per heavy atom. The summed E-state index contributed by atoms with van der Waals surface area (Å²) >= 11 is 3.36. The zero-order chi connectivity index (χ0) is 14.3. The predicted molar refractivity (Wildman–Crippen MR) is 76.2 cm³/mol. The van der Waals surface area contributed by atoms with E-state index in [1.165, 1.54) is 6.92 Å². The second-order valence-corrected chi connectivity index (χ2v) is 5.38. The van der Waals surface area contributed by atoms with Crippen LogP contribution in [0.1, 0.15) is 38.2 Å². The highest BCUT2D eigenvalue weighted by Gasteiger charge is 2.36. The number of ketones is 1. The molecule has 0 aliphatic carbocycles. The molecule has 0 N–H and O–H groups in total. The molecule has 0 fully saturated rings. The molecular formula is C15H15BrN2O. The van der Waals surface area contributed by atoms with Gasteiger partial charge in [0.05, 0.1) is 17.6 Å². The summed E-state index contributed by atoms with van der Waals surface area (Å²) in [5.74, 6) is 0.0142. The van der Waals surface area contributed by atoms with E-state index >= 15 is 0 Å². The molecule has 0 unspecified atom stereocenters. The van der Waals surface area contributed by atoms with E-state index in [2.05, 4.69) is 28.1 Å². The zero-order valence-corrected chi connectivity index (χ0v) is 12.4. The van der Waals surface area contributed by atoms with Gasteiger partial charge in [0.15, 0.2) is 0 Å². The number of rotatable bonds is 6. The van der Waals surface area contributed by atoms with Crippen molar-refractivity contribution in [2.24, 2.45) is 0 Å². The van der Waals surface area contributed by atoms with Gasteiger partial charge in [-0.05, 0) is 37.5 Å². The quantitative estimate of drug-likeness (QED) is 0.799. The highest BCUT2D eigenvalue weighted by molar-refractivity contribution is 9.10. The van der Waals surface area contributed by atoms with Gasteiger partial charge in [0.25, 0.3) is 0 Å². The van der Waals surface area contributed by atoms with Crippen LogP contribution in [0.4, 0.5) is 0 Å². The van der Waals surface area contributed by atoms with Crippen LogP contribution in [0.15, 0.2) is 28.7 Å². The number of Topliss-reactive ketones (excluding diaryl/α,β-unsaturated/α-hetero) is 1. The van der Waals surface area contributed by atoms with Crippen LogP contribution in [0.2, 0.25) is 0 Å². The van der Waals surface area contributed by atoms with Gasteiger partial charge < -0.3 is 0 Å². The smallest absolute Gasteiger partial charge is 0.140 e. The van der Waals surface area contributed by atoms with Crippen LogP contribution in [0, 0.1) is 22.7 Å². The maximum Gasteiger partial charge on any atom is 0.140 e. The maximum atomic E-state index is 12.1. The molecule has 1 aromatic carbocycles. The summed E-state index contributed by atoms with van der Waals surface area (Å²) in [6.45, 7) is 1.54. The summed E-state index contributed by atoms with van der Waals surface area (Å²) in [7, 11) is 0. The summed E-state index contributed by atoms with van der Waals surface area (Å²) in [5, 5.41) is 17.6. The fourth-order valence-corrected chi connectivity index (χ4v) is 2.54. The Bertz CT molecular complexity index is 505. The second kappa shape index (κ2) is 7.07. The molecule has 0 heterocycles. The molecule has 0 saturated heterocycles. The average molecular weight is 319 g/mol. The molecule has 1 rings (SSSR count). The molecule has 3 nitrogen and oxygen atoms in total. The molecule has 0 radical (unpaired) electrons. The molecule has 0 bridgehead atoms. The van der Waals surface area contributed by atoms with Gasteiger partial charge in [0, 0.05) is 17.3 Å². The Labute approximate surface area is 122 Å². The van der Waals surface area contributed by atoms with Crippen LogP contribution >= 0.6 is 15.9 Å². The van der Waals surface area contributed by atoms with Gasteiger partial charge in [-0.25, -0.2) is 0 Å². The molecule has 98 valence electrons. The van der Waals surface area contributed by atoms with Crippen LogP contribution in [-0.2, 0) is 10.2 Å². The maximum absolute atomic E-state index is 12.1. The van der Waals surface area contributed by atoms with Crippen molar-refractivity contribution >= 4 is 21.7 Å². The van der Waals surface area contributed by atoms with Crippen LogP contribution in [0.3, 0.4) is 0 Å². The number of benzene rings is 1.